The summed E-state index contributed by atoms with van der Waals surface area (Å²) in [6.07, 6.45) is 2.00. The van der Waals surface area contributed by atoms with Crippen molar-refractivity contribution in [2.24, 2.45) is 0 Å². The van der Waals surface area contributed by atoms with Gasteiger partial charge in [-0.05, 0) is 24.3 Å². The van der Waals surface area contributed by atoms with Crippen LogP contribution in [0.25, 0.3) is 0 Å². The van der Waals surface area contributed by atoms with Crippen LogP contribution in [0.1, 0.15) is 12.2 Å². The molecule has 2 aromatic rings. The van der Waals surface area contributed by atoms with Crippen LogP contribution in [0.2, 0.25) is 0 Å². The Morgan fingerprint density at radius 1 is 1.18 bits per heavy atom. The Bertz CT molecular complexity index is 596. The lowest BCUT2D eigenvalue weighted by Gasteiger charge is -2.10. The number of carbonyl (C=O) groups is 1. The number of hydrogen-bond acceptors (Lipinski definition) is 5. The average molecular weight is 304 g/mol. The van der Waals surface area contributed by atoms with Crippen LogP contribution >= 0.6 is 0 Å². The lowest BCUT2D eigenvalue weighted by Crippen LogP contribution is -2.21. The maximum Gasteiger partial charge on any atom is 0.225 e. The summed E-state index contributed by atoms with van der Waals surface area (Å²) in [6.45, 7) is 1.18. The lowest BCUT2D eigenvalue weighted by molar-refractivity contribution is -0.116. The zero-order chi connectivity index (χ0) is 15.8. The molecule has 0 aliphatic rings. The van der Waals surface area contributed by atoms with E-state index in [1.165, 1.54) is 0 Å². The molecule has 0 unspecified atom stereocenters. The summed E-state index contributed by atoms with van der Waals surface area (Å²) in [7, 11) is 3.13. The van der Waals surface area contributed by atoms with Crippen molar-refractivity contribution in [1.82, 2.24) is 5.32 Å². The molecule has 22 heavy (non-hydrogen) atoms. The fraction of sp³-hybridized carbons (Fsp3) is 0.312. The third kappa shape index (κ3) is 4.53. The molecule has 118 valence electrons. The first kappa shape index (κ1) is 15.9. The third-order valence-corrected chi connectivity index (χ3v) is 3.08. The number of rotatable bonds is 8. The normalized spacial score (nSPS) is 10.3. The summed E-state index contributed by atoms with van der Waals surface area (Å²) in [5.41, 5.74) is 0.675. The highest BCUT2D eigenvalue weighted by Crippen LogP contribution is 2.29. The lowest BCUT2D eigenvalue weighted by atomic mass is 10.2. The van der Waals surface area contributed by atoms with E-state index >= 15 is 0 Å². The van der Waals surface area contributed by atoms with E-state index in [-0.39, 0.29) is 5.91 Å². The molecule has 2 rings (SSSR count). The van der Waals surface area contributed by atoms with Gasteiger partial charge in [-0.25, -0.2) is 0 Å². The molecule has 0 radical (unpaired) electrons. The first-order chi connectivity index (χ1) is 10.7. The minimum Gasteiger partial charge on any atom is -0.493 e. The van der Waals surface area contributed by atoms with Gasteiger partial charge in [0.1, 0.15) is 5.76 Å². The van der Waals surface area contributed by atoms with Gasteiger partial charge in [0.25, 0.3) is 0 Å². The second kappa shape index (κ2) is 8.09. The smallest absolute Gasteiger partial charge is 0.225 e. The van der Waals surface area contributed by atoms with Gasteiger partial charge in [-0.15, -0.1) is 0 Å². The molecule has 0 aliphatic carbocycles. The molecule has 6 nitrogen and oxygen atoms in total. The minimum atomic E-state index is -0.0702. The number of furan rings is 1. The average Bonchev–Trinajstić information content (AvgIpc) is 3.04. The van der Waals surface area contributed by atoms with Crippen molar-refractivity contribution in [1.29, 1.82) is 0 Å². The van der Waals surface area contributed by atoms with Gasteiger partial charge in [0.2, 0.25) is 5.91 Å². The molecule has 1 heterocycles. The van der Waals surface area contributed by atoms with E-state index in [0.29, 0.717) is 36.7 Å². The van der Waals surface area contributed by atoms with Crippen LogP contribution in [-0.4, -0.2) is 26.7 Å². The van der Waals surface area contributed by atoms with Gasteiger partial charge in [-0.3, -0.25) is 4.79 Å². The van der Waals surface area contributed by atoms with Crippen molar-refractivity contribution in [2.45, 2.75) is 13.0 Å². The molecule has 0 atom stereocenters. The van der Waals surface area contributed by atoms with Crippen molar-refractivity contribution in [3.05, 3.63) is 42.4 Å². The molecule has 0 fully saturated rings. The van der Waals surface area contributed by atoms with Crippen molar-refractivity contribution in [2.75, 3.05) is 26.1 Å². The SMILES string of the molecule is COc1ccc(NC(=O)CCNCc2ccco2)cc1OC. The van der Waals surface area contributed by atoms with E-state index in [2.05, 4.69) is 10.6 Å². The molecule has 0 saturated heterocycles. The number of benzene rings is 1. The molecule has 0 bridgehead atoms. The number of carbonyl (C=O) groups excluding carboxylic acids is 1. The zero-order valence-corrected chi connectivity index (χ0v) is 12.7. The van der Waals surface area contributed by atoms with Crippen LogP contribution in [0.4, 0.5) is 5.69 Å². The summed E-state index contributed by atoms with van der Waals surface area (Å²) in [6, 6.07) is 8.98. The summed E-state index contributed by atoms with van der Waals surface area (Å²) < 4.78 is 15.5. The van der Waals surface area contributed by atoms with Gasteiger partial charge < -0.3 is 24.5 Å². The highest BCUT2D eigenvalue weighted by Gasteiger charge is 2.07. The molecule has 0 spiro atoms. The largest absolute Gasteiger partial charge is 0.493 e. The number of nitrogens with one attached hydrogen (secondary N) is 2. The maximum atomic E-state index is 11.9. The van der Waals surface area contributed by atoms with Gasteiger partial charge in [0, 0.05) is 24.7 Å². The Kier molecular flexibility index (Phi) is 5.85. The number of anilines is 1. The Labute approximate surface area is 129 Å². The van der Waals surface area contributed by atoms with Crippen LogP contribution in [-0.2, 0) is 11.3 Å². The molecule has 1 aromatic carbocycles. The Morgan fingerprint density at radius 3 is 2.68 bits per heavy atom. The predicted molar refractivity (Wildman–Crippen MR) is 83.2 cm³/mol. The molecule has 0 aliphatic heterocycles. The van der Waals surface area contributed by atoms with E-state index in [1.54, 1.807) is 38.7 Å². The van der Waals surface area contributed by atoms with E-state index in [9.17, 15) is 4.79 Å². The molecule has 1 aromatic heterocycles. The van der Waals surface area contributed by atoms with Gasteiger partial charge in [0.05, 0.1) is 27.0 Å². The monoisotopic (exact) mass is 304 g/mol. The van der Waals surface area contributed by atoms with Gasteiger partial charge in [-0.1, -0.05) is 0 Å². The fourth-order valence-electron chi connectivity index (χ4n) is 1.96. The van der Waals surface area contributed by atoms with Crippen molar-refractivity contribution in [3.63, 3.8) is 0 Å². The Hall–Kier alpha value is -2.47. The highest BCUT2D eigenvalue weighted by atomic mass is 16.5. The number of ether oxygens (including phenoxy) is 2. The number of hydrogen-bond donors (Lipinski definition) is 2. The highest BCUT2D eigenvalue weighted by molar-refractivity contribution is 5.91. The summed E-state index contributed by atoms with van der Waals surface area (Å²) in [5, 5.41) is 5.97. The van der Waals surface area contributed by atoms with E-state index in [4.69, 9.17) is 13.9 Å². The van der Waals surface area contributed by atoms with Crippen LogP contribution in [0.3, 0.4) is 0 Å². The second-order valence-corrected chi connectivity index (χ2v) is 4.62. The third-order valence-electron chi connectivity index (χ3n) is 3.08. The van der Waals surface area contributed by atoms with E-state index in [1.807, 2.05) is 12.1 Å². The topological polar surface area (TPSA) is 72.7 Å². The maximum absolute atomic E-state index is 11.9. The molecule has 0 saturated carbocycles. The first-order valence-electron chi connectivity index (χ1n) is 6.98. The Balaban J connectivity index is 1.76. The van der Waals surface area contributed by atoms with Gasteiger partial charge >= 0.3 is 0 Å². The zero-order valence-electron chi connectivity index (χ0n) is 12.7. The van der Waals surface area contributed by atoms with E-state index < -0.39 is 0 Å². The van der Waals surface area contributed by atoms with Crippen molar-refractivity contribution in [3.8, 4) is 11.5 Å². The minimum absolute atomic E-state index is 0.0702. The summed E-state index contributed by atoms with van der Waals surface area (Å²) >= 11 is 0. The quantitative estimate of drug-likeness (QED) is 0.733. The first-order valence-corrected chi connectivity index (χ1v) is 6.98. The van der Waals surface area contributed by atoms with Crippen LogP contribution in [0.5, 0.6) is 11.5 Å². The Morgan fingerprint density at radius 2 is 2.00 bits per heavy atom. The fourth-order valence-corrected chi connectivity index (χ4v) is 1.96. The number of methoxy groups -OCH3 is 2. The van der Waals surface area contributed by atoms with Crippen LogP contribution < -0.4 is 20.1 Å². The second-order valence-electron chi connectivity index (χ2n) is 4.62. The number of amides is 1. The predicted octanol–water partition coefficient (Wildman–Crippen LogP) is 2.42. The molecular formula is C16H20N2O4. The summed E-state index contributed by atoms with van der Waals surface area (Å²) in [5.74, 6) is 1.98. The van der Waals surface area contributed by atoms with Crippen LogP contribution in [0, 0.1) is 0 Å². The molecular weight excluding hydrogens is 284 g/mol. The van der Waals surface area contributed by atoms with Gasteiger partial charge in [0.15, 0.2) is 11.5 Å². The standard InChI is InChI=1S/C16H20N2O4/c1-20-14-6-5-12(10-15(14)21-2)18-16(19)7-8-17-11-13-4-3-9-22-13/h3-6,9-10,17H,7-8,11H2,1-2H3,(H,18,19). The summed E-state index contributed by atoms with van der Waals surface area (Å²) in [4.78, 5) is 11.9. The molecule has 6 heteroatoms. The van der Waals surface area contributed by atoms with E-state index in [0.717, 1.165) is 5.76 Å². The molecule has 2 N–H and O–H groups in total. The van der Waals surface area contributed by atoms with Crippen LogP contribution in [0.15, 0.2) is 41.0 Å². The van der Waals surface area contributed by atoms with Gasteiger partial charge in [-0.2, -0.15) is 0 Å². The van der Waals surface area contributed by atoms with Crippen molar-refractivity contribution < 1.29 is 18.7 Å². The molecule has 1 amide bonds. The van der Waals surface area contributed by atoms with Crippen molar-refractivity contribution >= 4 is 11.6 Å².